The Morgan fingerprint density at radius 2 is 1.85 bits per heavy atom. The molecule has 2 rings (SSSR count). The number of rotatable bonds is 7. The molecule has 144 valence electrons. The molecule has 26 heavy (non-hydrogen) atoms. The van der Waals surface area contributed by atoms with E-state index in [-0.39, 0.29) is 11.3 Å². The highest BCUT2D eigenvalue weighted by Crippen LogP contribution is 2.19. The van der Waals surface area contributed by atoms with Crippen LogP contribution in [0.1, 0.15) is 26.7 Å². The molecule has 0 spiro atoms. The van der Waals surface area contributed by atoms with Gasteiger partial charge in [-0.1, -0.05) is 6.92 Å². The minimum Gasteiger partial charge on any atom is -0.453 e. The molecule has 8 nitrogen and oxygen atoms in total. The van der Waals surface area contributed by atoms with Gasteiger partial charge in [-0.3, -0.25) is 9.59 Å². The minimum atomic E-state index is -3.57. The Bertz CT molecular complexity index is 726. The molecule has 0 aliphatic carbocycles. The lowest BCUT2D eigenvalue weighted by molar-refractivity contribution is -0.153. The van der Waals surface area contributed by atoms with Gasteiger partial charge in [-0.05, 0) is 37.6 Å². The van der Waals surface area contributed by atoms with Crippen LogP contribution in [0.15, 0.2) is 29.2 Å². The van der Waals surface area contributed by atoms with Crippen molar-refractivity contribution >= 4 is 27.6 Å². The summed E-state index contributed by atoms with van der Waals surface area (Å²) >= 11 is 0. The summed E-state index contributed by atoms with van der Waals surface area (Å²) in [5.41, 5.74) is 0.425. The molecule has 0 bridgehead atoms. The molecule has 1 aliphatic rings. The third-order valence-corrected chi connectivity index (χ3v) is 5.77. The lowest BCUT2D eigenvalue weighted by Gasteiger charge is -2.26. The van der Waals surface area contributed by atoms with Gasteiger partial charge in [0.25, 0.3) is 5.91 Å². The number of benzene rings is 1. The summed E-state index contributed by atoms with van der Waals surface area (Å²) in [6.07, 6.45) is -0.0244. The molecule has 1 heterocycles. The van der Waals surface area contributed by atoms with E-state index in [1.807, 2.05) is 6.92 Å². The van der Waals surface area contributed by atoms with Gasteiger partial charge in [0, 0.05) is 25.2 Å². The van der Waals surface area contributed by atoms with Crippen molar-refractivity contribution in [2.24, 2.45) is 0 Å². The highest BCUT2D eigenvalue weighted by molar-refractivity contribution is 7.89. The summed E-state index contributed by atoms with van der Waals surface area (Å²) in [6.45, 7) is 4.73. The summed E-state index contributed by atoms with van der Waals surface area (Å²) in [7, 11) is -3.57. The van der Waals surface area contributed by atoms with E-state index in [2.05, 4.69) is 5.32 Å². The first-order chi connectivity index (χ1) is 12.3. The van der Waals surface area contributed by atoms with E-state index in [1.54, 1.807) is 0 Å². The van der Waals surface area contributed by atoms with Crippen molar-refractivity contribution in [1.82, 2.24) is 4.31 Å². The predicted octanol–water partition coefficient (Wildman–Crippen LogP) is 1.38. The third-order valence-electron chi connectivity index (χ3n) is 3.86. The SMILES string of the molecule is CCCC(=O)O[C@@H](C)C(=O)Nc1ccc(S(=O)(=O)N2CCOCC2)cc1. The molecule has 9 heteroatoms. The van der Waals surface area contributed by atoms with Gasteiger partial charge in [-0.2, -0.15) is 4.31 Å². The molecule has 0 aromatic heterocycles. The van der Waals surface area contributed by atoms with Crippen molar-refractivity contribution in [3.63, 3.8) is 0 Å². The number of hydrogen-bond donors (Lipinski definition) is 1. The van der Waals surface area contributed by atoms with Gasteiger partial charge in [0.15, 0.2) is 6.10 Å². The van der Waals surface area contributed by atoms with Crippen LogP contribution in [0.5, 0.6) is 0 Å². The van der Waals surface area contributed by atoms with Crippen molar-refractivity contribution in [2.45, 2.75) is 37.7 Å². The third kappa shape index (κ3) is 5.26. The number of anilines is 1. The standard InChI is InChI=1S/C17H24N2O6S/c1-3-4-16(20)25-13(2)17(21)18-14-5-7-15(8-6-14)26(22,23)19-9-11-24-12-10-19/h5-8,13H,3-4,9-12H2,1-2H3,(H,18,21)/t13-/m0/s1. The number of nitrogens with one attached hydrogen (secondary N) is 1. The molecule has 1 N–H and O–H groups in total. The first kappa shape index (κ1) is 20.3. The summed E-state index contributed by atoms with van der Waals surface area (Å²) < 4.78 is 36.6. The van der Waals surface area contributed by atoms with Gasteiger partial charge in [0.05, 0.1) is 18.1 Å². The van der Waals surface area contributed by atoms with Crippen LogP contribution in [-0.4, -0.2) is 57.0 Å². The van der Waals surface area contributed by atoms with E-state index in [4.69, 9.17) is 9.47 Å². The molecule has 1 saturated heterocycles. The number of sulfonamides is 1. The first-order valence-electron chi connectivity index (χ1n) is 8.53. The maximum Gasteiger partial charge on any atom is 0.306 e. The number of carbonyl (C=O) groups excluding carboxylic acids is 2. The highest BCUT2D eigenvalue weighted by Gasteiger charge is 2.26. The molecule has 1 amide bonds. The predicted molar refractivity (Wildman–Crippen MR) is 95.1 cm³/mol. The Labute approximate surface area is 153 Å². The topological polar surface area (TPSA) is 102 Å². The summed E-state index contributed by atoms with van der Waals surface area (Å²) in [5.74, 6) is -0.902. The number of esters is 1. The number of carbonyl (C=O) groups is 2. The normalized spacial score (nSPS) is 16.7. The fourth-order valence-electron chi connectivity index (χ4n) is 2.40. The maximum atomic E-state index is 12.5. The van der Waals surface area contributed by atoms with Crippen LogP contribution >= 0.6 is 0 Å². The molecule has 1 atom stereocenters. The molecule has 1 aromatic carbocycles. The van der Waals surface area contributed by atoms with E-state index in [9.17, 15) is 18.0 Å². The zero-order valence-electron chi connectivity index (χ0n) is 14.9. The molecule has 0 radical (unpaired) electrons. The van der Waals surface area contributed by atoms with Crippen LogP contribution in [0.3, 0.4) is 0 Å². The van der Waals surface area contributed by atoms with Crippen molar-refractivity contribution in [2.75, 3.05) is 31.6 Å². The van der Waals surface area contributed by atoms with Crippen molar-refractivity contribution in [1.29, 1.82) is 0 Å². The number of amides is 1. The van der Waals surface area contributed by atoms with Crippen LogP contribution in [-0.2, 0) is 29.1 Å². The van der Waals surface area contributed by atoms with E-state index < -0.39 is 28.0 Å². The average molecular weight is 384 g/mol. The van der Waals surface area contributed by atoms with Crippen LogP contribution in [0.4, 0.5) is 5.69 Å². The molecular weight excluding hydrogens is 360 g/mol. The lowest BCUT2D eigenvalue weighted by Crippen LogP contribution is -2.40. The summed E-state index contributed by atoms with van der Waals surface area (Å²) in [6, 6.07) is 5.89. The number of nitrogens with zero attached hydrogens (tertiary/aromatic N) is 1. The first-order valence-corrected chi connectivity index (χ1v) is 9.97. The van der Waals surface area contributed by atoms with Crippen molar-refractivity contribution in [3.05, 3.63) is 24.3 Å². The molecule has 0 saturated carbocycles. The Morgan fingerprint density at radius 3 is 2.42 bits per heavy atom. The minimum absolute atomic E-state index is 0.153. The van der Waals surface area contributed by atoms with E-state index in [0.717, 1.165) is 0 Å². The average Bonchev–Trinajstić information content (AvgIpc) is 2.63. The second-order valence-corrected chi connectivity index (χ2v) is 7.85. The Balaban J connectivity index is 1.98. The van der Waals surface area contributed by atoms with Gasteiger partial charge in [-0.15, -0.1) is 0 Å². The van der Waals surface area contributed by atoms with E-state index in [0.29, 0.717) is 38.4 Å². The van der Waals surface area contributed by atoms with Crippen LogP contribution in [0.25, 0.3) is 0 Å². The molecular formula is C17H24N2O6S. The fraction of sp³-hybridized carbons (Fsp3) is 0.529. The number of ether oxygens (including phenoxy) is 2. The zero-order valence-corrected chi connectivity index (χ0v) is 15.8. The Hall–Kier alpha value is -1.97. The number of morpholine rings is 1. The monoisotopic (exact) mass is 384 g/mol. The quantitative estimate of drug-likeness (QED) is 0.713. The van der Waals surface area contributed by atoms with Gasteiger partial charge < -0.3 is 14.8 Å². The maximum absolute atomic E-state index is 12.5. The Kier molecular flexibility index (Phi) is 7.13. The van der Waals surface area contributed by atoms with Crippen LogP contribution in [0.2, 0.25) is 0 Å². The molecule has 1 fully saturated rings. The molecule has 1 aliphatic heterocycles. The molecule has 1 aromatic rings. The highest BCUT2D eigenvalue weighted by atomic mass is 32.2. The largest absolute Gasteiger partial charge is 0.453 e. The van der Waals surface area contributed by atoms with E-state index in [1.165, 1.54) is 35.5 Å². The van der Waals surface area contributed by atoms with Crippen molar-refractivity contribution < 1.29 is 27.5 Å². The van der Waals surface area contributed by atoms with Gasteiger partial charge in [-0.25, -0.2) is 8.42 Å². The van der Waals surface area contributed by atoms with Gasteiger partial charge in [0.1, 0.15) is 0 Å². The lowest BCUT2D eigenvalue weighted by atomic mass is 10.3. The summed E-state index contributed by atoms with van der Waals surface area (Å²) in [4.78, 5) is 23.6. The molecule has 0 unspecified atom stereocenters. The smallest absolute Gasteiger partial charge is 0.306 e. The summed E-state index contributed by atoms with van der Waals surface area (Å²) in [5, 5.41) is 2.60. The second kappa shape index (κ2) is 9.11. The van der Waals surface area contributed by atoms with Crippen LogP contribution < -0.4 is 5.32 Å². The second-order valence-electron chi connectivity index (χ2n) is 5.91. The van der Waals surface area contributed by atoms with E-state index >= 15 is 0 Å². The number of hydrogen-bond acceptors (Lipinski definition) is 6. The van der Waals surface area contributed by atoms with Gasteiger partial charge in [0.2, 0.25) is 10.0 Å². The van der Waals surface area contributed by atoms with Crippen LogP contribution in [0, 0.1) is 0 Å². The van der Waals surface area contributed by atoms with Gasteiger partial charge >= 0.3 is 5.97 Å². The fourth-order valence-corrected chi connectivity index (χ4v) is 3.81. The van der Waals surface area contributed by atoms with Crippen molar-refractivity contribution in [3.8, 4) is 0 Å². The Morgan fingerprint density at radius 1 is 1.23 bits per heavy atom. The zero-order chi connectivity index (χ0) is 19.2.